The van der Waals surface area contributed by atoms with Crippen molar-refractivity contribution in [2.75, 3.05) is 0 Å². The summed E-state index contributed by atoms with van der Waals surface area (Å²) in [6, 6.07) is 1.77. The molecule has 0 bridgehead atoms. The predicted octanol–water partition coefficient (Wildman–Crippen LogP) is 1.33. The number of hydrazine groups is 1. The van der Waals surface area contributed by atoms with E-state index in [2.05, 4.69) is 15.9 Å². The summed E-state index contributed by atoms with van der Waals surface area (Å²) in [4.78, 5) is 10.8. The van der Waals surface area contributed by atoms with Crippen LogP contribution in [0.4, 0.5) is 8.78 Å². The van der Waals surface area contributed by atoms with Crippen LogP contribution in [-0.2, 0) is 0 Å². The Kier molecular flexibility index (Phi) is 2.94. The third-order valence-electron chi connectivity index (χ3n) is 1.38. The summed E-state index contributed by atoms with van der Waals surface area (Å²) in [5, 5.41) is 0. The van der Waals surface area contributed by atoms with Gasteiger partial charge in [0, 0.05) is 5.56 Å². The average Bonchev–Trinajstić information content (AvgIpc) is 2.12. The van der Waals surface area contributed by atoms with Crippen LogP contribution < -0.4 is 11.3 Å². The van der Waals surface area contributed by atoms with Gasteiger partial charge in [-0.1, -0.05) is 0 Å². The van der Waals surface area contributed by atoms with Crippen LogP contribution in [0.3, 0.4) is 0 Å². The maximum atomic E-state index is 12.8. The summed E-state index contributed by atoms with van der Waals surface area (Å²) >= 11 is 2.67. The van der Waals surface area contributed by atoms with E-state index >= 15 is 0 Å². The standard InChI is InChI=1S/C7H5BrF2N2O/c8-6-4(9)1-3(2-5(6)10)7(13)12-11/h1-2H,11H2,(H,12,13). The topological polar surface area (TPSA) is 55.1 Å². The largest absolute Gasteiger partial charge is 0.290 e. The Balaban J connectivity index is 3.20. The quantitative estimate of drug-likeness (QED) is 0.342. The van der Waals surface area contributed by atoms with Crippen LogP contribution in [0.5, 0.6) is 0 Å². The van der Waals surface area contributed by atoms with Crippen molar-refractivity contribution in [3.8, 4) is 0 Å². The van der Waals surface area contributed by atoms with Gasteiger partial charge in [0.15, 0.2) is 0 Å². The number of rotatable bonds is 1. The minimum absolute atomic E-state index is 0.166. The zero-order chi connectivity index (χ0) is 10.0. The van der Waals surface area contributed by atoms with Crippen molar-refractivity contribution in [1.82, 2.24) is 5.43 Å². The number of benzene rings is 1. The van der Waals surface area contributed by atoms with Gasteiger partial charge in [-0.05, 0) is 28.1 Å². The second-order valence-electron chi connectivity index (χ2n) is 2.23. The Bertz CT molecular complexity index is 333. The molecule has 1 aromatic rings. The van der Waals surface area contributed by atoms with Gasteiger partial charge in [0.05, 0.1) is 4.47 Å². The zero-order valence-electron chi connectivity index (χ0n) is 6.27. The summed E-state index contributed by atoms with van der Waals surface area (Å²) in [5.74, 6) is 2.34. The average molecular weight is 251 g/mol. The minimum atomic E-state index is -0.849. The molecule has 1 rings (SSSR count). The number of nitrogens with one attached hydrogen (secondary N) is 1. The summed E-state index contributed by atoms with van der Waals surface area (Å²) in [6.45, 7) is 0. The molecule has 0 aromatic heterocycles. The highest BCUT2D eigenvalue weighted by Crippen LogP contribution is 2.20. The molecule has 0 aliphatic heterocycles. The van der Waals surface area contributed by atoms with E-state index in [1.165, 1.54) is 0 Å². The first-order valence-corrected chi connectivity index (χ1v) is 4.01. The first-order valence-electron chi connectivity index (χ1n) is 3.21. The van der Waals surface area contributed by atoms with E-state index in [9.17, 15) is 13.6 Å². The van der Waals surface area contributed by atoms with Gasteiger partial charge in [0.1, 0.15) is 11.6 Å². The normalized spacial score (nSPS) is 9.85. The van der Waals surface area contributed by atoms with E-state index < -0.39 is 17.5 Å². The number of carbonyl (C=O) groups is 1. The SMILES string of the molecule is NNC(=O)c1cc(F)c(Br)c(F)c1. The summed E-state index contributed by atoms with van der Waals surface area (Å²) in [7, 11) is 0. The molecule has 0 aliphatic carbocycles. The van der Waals surface area contributed by atoms with Gasteiger partial charge < -0.3 is 0 Å². The molecule has 0 fully saturated rings. The second-order valence-corrected chi connectivity index (χ2v) is 3.02. The molecular weight excluding hydrogens is 246 g/mol. The lowest BCUT2D eigenvalue weighted by Gasteiger charge is -2.01. The van der Waals surface area contributed by atoms with Gasteiger partial charge in [0.2, 0.25) is 0 Å². The van der Waals surface area contributed by atoms with Gasteiger partial charge in [-0.2, -0.15) is 0 Å². The molecule has 0 spiro atoms. The number of amides is 1. The van der Waals surface area contributed by atoms with Crippen molar-refractivity contribution in [2.24, 2.45) is 5.84 Å². The van der Waals surface area contributed by atoms with Crippen molar-refractivity contribution >= 4 is 21.8 Å². The van der Waals surface area contributed by atoms with Crippen molar-refractivity contribution in [3.63, 3.8) is 0 Å². The highest BCUT2D eigenvalue weighted by Gasteiger charge is 2.12. The Labute approximate surface area is 81.0 Å². The van der Waals surface area contributed by atoms with E-state index in [0.29, 0.717) is 0 Å². The van der Waals surface area contributed by atoms with Crippen LogP contribution in [0.2, 0.25) is 0 Å². The van der Waals surface area contributed by atoms with Crippen LogP contribution in [0.15, 0.2) is 16.6 Å². The highest BCUT2D eigenvalue weighted by molar-refractivity contribution is 9.10. The molecule has 1 amide bonds. The van der Waals surface area contributed by atoms with Crippen LogP contribution in [0, 0.1) is 11.6 Å². The number of hydrogen-bond donors (Lipinski definition) is 2. The van der Waals surface area contributed by atoms with Crippen LogP contribution in [0.1, 0.15) is 10.4 Å². The second kappa shape index (κ2) is 3.80. The predicted molar refractivity (Wildman–Crippen MR) is 45.7 cm³/mol. The molecule has 6 heteroatoms. The van der Waals surface area contributed by atoms with E-state index in [0.717, 1.165) is 12.1 Å². The van der Waals surface area contributed by atoms with Gasteiger partial charge in [-0.15, -0.1) is 0 Å². The Hall–Kier alpha value is -1.01. The van der Waals surface area contributed by atoms with E-state index in [-0.39, 0.29) is 10.0 Å². The summed E-state index contributed by atoms with van der Waals surface area (Å²) in [6.07, 6.45) is 0. The van der Waals surface area contributed by atoms with Crippen molar-refractivity contribution in [2.45, 2.75) is 0 Å². The molecule has 1 aromatic carbocycles. The van der Waals surface area contributed by atoms with Crippen LogP contribution in [-0.4, -0.2) is 5.91 Å². The number of hydrogen-bond acceptors (Lipinski definition) is 2. The van der Waals surface area contributed by atoms with Gasteiger partial charge in [0.25, 0.3) is 5.91 Å². The molecular formula is C7H5BrF2N2O. The molecule has 0 saturated heterocycles. The fourth-order valence-electron chi connectivity index (χ4n) is 0.770. The summed E-state index contributed by atoms with van der Waals surface area (Å²) in [5.41, 5.74) is 1.60. The molecule has 0 aliphatic rings. The number of carbonyl (C=O) groups excluding carboxylic acids is 1. The smallest absolute Gasteiger partial charge is 0.265 e. The van der Waals surface area contributed by atoms with Gasteiger partial charge in [-0.3, -0.25) is 10.2 Å². The molecule has 70 valence electrons. The monoisotopic (exact) mass is 250 g/mol. The lowest BCUT2D eigenvalue weighted by atomic mass is 10.2. The fraction of sp³-hybridized carbons (Fsp3) is 0. The van der Waals surface area contributed by atoms with Crippen LogP contribution >= 0.6 is 15.9 Å². The maximum Gasteiger partial charge on any atom is 0.265 e. The third kappa shape index (κ3) is 2.02. The molecule has 0 atom stereocenters. The van der Waals surface area contributed by atoms with E-state index in [4.69, 9.17) is 5.84 Å². The number of halogens is 3. The molecule has 0 radical (unpaired) electrons. The van der Waals surface area contributed by atoms with E-state index in [1.54, 1.807) is 5.43 Å². The third-order valence-corrected chi connectivity index (χ3v) is 2.13. The Morgan fingerprint density at radius 3 is 2.23 bits per heavy atom. The zero-order valence-corrected chi connectivity index (χ0v) is 7.86. The lowest BCUT2D eigenvalue weighted by Crippen LogP contribution is -2.30. The Morgan fingerprint density at radius 1 is 1.38 bits per heavy atom. The first kappa shape index (κ1) is 10.1. The van der Waals surface area contributed by atoms with Gasteiger partial charge in [-0.25, -0.2) is 14.6 Å². The first-order chi connectivity index (χ1) is 6.06. The maximum absolute atomic E-state index is 12.8. The number of nitrogens with two attached hydrogens (primary N) is 1. The molecule has 0 unspecified atom stereocenters. The van der Waals surface area contributed by atoms with Crippen LogP contribution in [0.25, 0.3) is 0 Å². The molecule has 13 heavy (non-hydrogen) atoms. The summed E-state index contributed by atoms with van der Waals surface area (Å²) < 4.78 is 25.4. The van der Waals surface area contributed by atoms with Crippen molar-refractivity contribution < 1.29 is 13.6 Å². The highest BCUT2D eigenvalue weighted by atomic mass is 79.9. The molecule has 3 N–H and O–H groups in total. The lowest BCUT2D eigenvalue weighted by molar-refractivity contribution is 0.0952. The van der Waals surface area contributed by atoms with E-state index in [1.807, 2.05) is 0 Å². The van der Waals surface area contributed by atoms with Crippen molar-refractivity contribution in [3.05, 3.63) is 33.8 Å². The van der Waals surface area contributed by atoms with Crippen molar-refractivity contribution in [1.29, 1.82) is 0 Å². The molecule has 0 heterocycles. The van der Waals surface area contributed by atoms with Gasteiger partial charge >= 0.3 is 0 Å². The molecule has 3 nitrogen and oxygen atoms in total. The minimum Gasteiger partial charge on any atom is -0.290 e. The fourth-order valence-corrected chi connectivity index (χ4v) is 0.999. The molecule has 0 saturated carbocycles. The Morgan fingerprint density at radius 2 is 1.85 bits per heavy atom. The number of nitrogen functional groups attached to an aromatic ring is 1.